The van der Waals surface area contributed by atoms with Crippen molar-refractivity contribution in [3.8, 4) is 0 Å². The molecule has 30 heavy (non-hydrogen) atoms. The number of hydrogen-bond acceptors (Lipinski definition) is 5. The minimum Gasteiger partial charge on any atom is -0.480 e. The van der Waals surface area contributed by atoms with Crippen molar-refractivity contribution in [3.63, 3.8) is 0 Å². The van der Waals surface area contributed by atoms with E-state index in [4.69, 9.17) is 0 Å². The molecule has 1 atom stereocenters. The first-order valence-corrected chi connectivity index (χ1v) is 11.3. The summed E-state index contributed by atoms with van der Waals surface area (Å²) in [5, 5.41) is 12.6. The van der Waals surface area contributed by atoms with Crippen molar-refractivity contribution in [1.29, 1.82) is 0 Å². The van der Waals surface area contributed by atoms with Crippen molar-refractivity contribution in [2.75, 3.05) is 7.05 Å². The average molecular weight is 433 g/mol. The Kier molecular flexibility index (Phi) is 6.33. The topological polar surface area (TPSA) is 105 Å². The molecule has 0 bridgehead atoms. The van der Waals surface area contributed by atoms with E-state index >= 15 is 0 Å². The summed E-state index contributed by atoms with van der Waals surface area (Å²) in [6.07, 6.45) is 4.12. The number of sulfonamides is 1. The van der Waals surface area contributed by atoms with Crippen LogP contribution < -0.4 is 5.32 Å². The zero-order valence-electron chi connectivity index (χ0n) is 17.7. The van der Waals surface area contributed by atoms with Gasteiger partial charge in [0.2, 0.25) is 10.0 Å². The lowest BCUT2D eigenvalue weighted by molar-refractivity contribution is -0.141. The van der Waals surface area contributed by atoms with Gasteiger partial charge in [-0.3, -0.25) is 4.79 Å². The molecule has 2 N–H and O–H groups in total. The normalized spacial score (nSPS) is 14.6. The number of carboxylic acids is 1. The van der Waals surface area contributed by atoms with E-state index in [0.29, 0.717) is 13.1 Å². The quantitative estimate of drug-likeness (QED) is 0.664. The number of carbonyl (C=O) groups is 1. The first-order valence-electron chi connectivity index (χ1n) is 9.87. The van der Waals surface area contributed by atoms with Gasteiger partial charge in [0.25, 0.3) is 0 Å². The fourth-order valence-electron chi connectivity index (χ4n) is 3.59. The number of imidazole rings is 1. The first kappa shape index (κ1) is 22.0. The lowest BCUT2D eigenvalue weighted by atomic mass is 10.0. The van der Waals surface area contributed by atoms with Gasteiger partial charge in [0.15, 0.2) is 0 Å². The van der Waals surface area contributed by atoms with Crippen LogP contribution in [0, 0.1) is 12.8 Å². The Morgan fingerprint density at radius 3 is 2.57 bits per heavy atom. The van der Waals surface area contributed by atoms with Gasteiger partial charge in [0.1, 0.15) is 11.9 Å². The number of fused-ring (bicyclic) bond motifs is 1. The molecule has 0 radical (unpaired) electrons. The Morgan fingerprint density at radius 2 is 1.97 bits per heavy atom. The maximum absolute atomic E-state index is 13.0. The summed E-state index contributed by atoms with van der Waals surface area (Å²) in [5.74, 6) is -0.197. The van der Waals surface area contributed by atoms with Crippen LogP contribution in [0.2, 0.25) is 0 Å². The maximum Gasteiger partial charge on any atom is 0.322 e. The molecule has 162 valence electrons. The summed E-state index contributed by atoms with van der Waals surface area (Å²) in [6.45, 7) is 6.94. The van der Waals surface area contributed by atoms with Crippen molar-refractivity contribution in [1.82, 2.24) is 19.2 Å². The second-order valence-electron chi connectivity index (χ2n) is 7.94. The highest BCUT2D eigenvalue weighted by Crippen LogP contribution is 2.23. The highest BCUT2D eigenvalue weighted by molar-refractivity contribution is 7.89. The van der Waals surface area contributed by atoms with Crippen molar-refractivity contribution < 1.29 is 18.3 Å². The predicted molar refractivity (Wildman–Crippen MR) is 114 cm³/mol. The molecule has 0 amide bonds. The molecule has 8 nitrogen and oxygen atoms in total. The Labute approximate surface area is 177 Å². The molecule has 2 aromatic rings. The van der Waals surface area contributed by atoms with Crippen LogP contribution in [0.3, 0.4) is 0 Å². The van der Waals surface area contributed by atoms with Crippen molar-refractivity contribution in [3.05, 3.63) is 53.2 Å². The Balaban J connectivity index is 1.82. The number of aromatic nitrogens is 2. The third-order valence-corrected chi connectivity index (χ3v) is 7.14. The largest absolute Gasteiger partial charge is 0.480 e. The van der Waals surface area contributed by atoms with Gasteiger partial charge in [-0.2, -0.15) is 4.31 Å². The van der Waals surface area contributed by atoms with Gasteiger partial charge < -0.3 is 15.0 Å². The Morgan fingerprint density at radius 1 is 1.30 bits per heavy atom. The second kappa shape index (κ2) is 8.61. The number of nitrogens with one attached hydrogen (secondary N) is 1. The summed E-state index contributed by atoms with van der Waals surface area (Å²) in [4.78, 5) is 16.3. The van der Waals surface area contributed by atoms with Crippen LogP contribution >= 0.6 is 0 Å². The van der Waals surface area contributed by atoms with E-state index in [1.165, 1.54) is 19.2 Å². The summed E-state index contributed by atoms with van der Waals surface area (Å²) >= 11 is 0. The van der Waals surface area contributed by atoms with Gasteiger partial charge in [-0.05, 0) is 49.2 Å². The molecule has 0 spiro atoms. The molecular weight excluding hydrogens is 404 g/mol. The van der Waals surface area contributed by atoms with E-state index in [0.717, 1.165) is 27.1 Å². The number of carboxylic acid groups (broad SMARTS) is 1. The number of rotatable bonds is 8. The van der Waals surface area contributed by atoms with Gasteiger partial charge in [-0.25, -0.2) is 13.4 Å². The third-order valence-electron chi connectivity index (χ3n) is 5.26. The van der Waals surface area contributed by atoms with E-state index in [9.17, 15) is 18.3 Å². The number of benzene rings is 1. The van der Waals surface area contributed by atoms with Crippen LogP contribution in [-0.4, -0.2) is 46.4 Å². The smallest absolute Gasteiger partial charge is 0.322 e. The van der Waals surface area contributed by atoms with Gasteiger partial charge in [0.05, 0.1) is 22.8 Å². The molecule has 0 saturated carbocycles. The number of aryl methyl sites for hydroxylation is 1. The molecule has 9 heteroatoms. The summed E-state index contributed by atoms with van der Waals surface area (Å²) in [7, 11) is -2.59. The monoisotopic (exact) mass is 432 g/mol. The molecule has 3 rings (SSSR count). The van der Waals surface area contributed by atoms with Crippen LogP contribution in [-0.2, 0) is 27.9 Å². The van der Waals surface area contributed by atoms with E-state index in [-0.39, 0.29) is 17.2 Å². The molecule has 0 aliphatic carbocycles. The zero-order chi connectivity index (χ0) is 22.1. The first-order chi connectivity index (χ1) is 14.1. The molecule has 0 saturated heterocycles. The van der Waals surface area contributed by atoms with E-state index in [1.54, 1.807) is 12.1 Å². The van der Waals surface area contributed by atoms with E-state index in [2.05, 4.69) is 14.9 Å². The predicted octanol–water partition coefficient (Wildman–Crippen LogP) is 2.43. The molecule has 0 fully saturated rings. The van der Waals surface area contributed by atoms with Crippen LogP contribution in [0.4, 0.5) is 0 Å². The summed E-state index contributed by atoms with van der Waals surface area (Å²) < 4.78 is 29.0. The van der Waals surface area contributed by atoms with E-state index < -0.39 is 22.0 Å². The zero-order valence-corrected chi connectivity index (χ0v) is 18.5. The van der Waals surface area contributed by atoms with Crippen molar-refractivity contribution in [2.24, 2.45) is 5.92 Å². The summed E-state index contributed by atoms with van der Waals surface area (Å²) in [5.41, 5.74) is 2.96. The lowest BCUT2D eigenvalue weighted by Crippen LogP contribution is -2.43. The minimum absolute atomic E-state index is 0.0553. The van der Waals surface area contributed by atoms with Gasteiger partial charge in [-0.15, -0.1) is 0 Å². The lowest BCUT2D eigenvalue weighted by Gasteiger charge is -2.25. The number of nitrogens with zero attached hydrogens (tertiary/aromatic N) is 3. The highest BCUT2D eigenvalue weighted by Gasteiger charge is 2.33. The average Bonchev–Trinajstić information content (AvgIpc) is 3.01. The molecule has 2 heterocycles. The fourth-order valence-corrected chi connectivity index (χ4v) is 4.91. The SMILES string of the molecule is Cc1nc2c(n1Cc1ccc(S(=O)(=O)N(C)[C@@H](CC(C)C)C(=O)O)cc1)C=CNC2. The number of likely N-dealkylation sites (N-methyl/N-ethyl adjacent to an activating group) is 1. The van der Waals surface area contributed by atoms with Gasteiger partial charge >= 0.3 is 5.97 Å². The highest BCUT2D eigenvalue weighted by atomic mass is 32.2. The third kappa shape index (κ3) is 4.41. The standard InChI is InChI=1S/C21H28N4O4S/c1-14(2)11-20(21(26)27)24(4)30(28,29)17-7-5-16(6-8-17)13-25-15(3)23-18-12-22-10-9-19(18)25/h5-10,14,20,22H,11-13H2,1-4H3,(H,26,27)/t20-/m0/s1. The van der Waals surface area contributed by atoms with Crippen LogP contribution in [0.5, 0.6) is 0 Å². The van der Waals surface area contributed by atoms with Crippen LogP contribution in [0.25, 0.3) is 6.08 Å². The van der Waals surface area contributed by atoms with Gasteiger partial charge in [0, 0.05) is 13.6 Å². The number of aliphatic carboxylic acids is 1. The van der Waals surface area contributed by atoms with Crippen LogP contribution in [0.15, 0.2) is 35.4 Å². The van der Waals surface area contributed by atoms with E-state index in [1.807, 2.05) is 33.0 Å². The fraction of sp³-hybridized carbons (Fsp3) is 0.429. The maximum atomic E-state index is 13.0. The second-order valence-corrected chi connectivity index (χ2v) is 9.94. The Hall–Kier alpha value is -2.65. The Bertz CT molecular complexity index is 1060. The molecule has 1 aromatic carbocycles. The molecule has 1 aliphatic rings. The van der Waals surface area contributed by atoms with Crippen molar-refractivity contribution >= 4 is 22.1 Å². The van der Waals surface area contributed by atoms with Crippen LogP contribution in [0.1, 0.15) is 43.0 Å². The molecule has 0 unspecified atom stereocenters. The minimum atomic E-state index is -3.92. The molecule has 1 aliphatic heterocycles. The number of hydrogen-bond donors (Lipinski definition) is 2. The molecule has 1 aromatic heterocycles. The molecular formula is C21H28N4O4S. The van der Waals surface area contributed by atoms with Gasteiger partial charge in [-0.1, -0.05) is 26.0 Å². The summed E-state index contributed by atoms with van der Waals surface area (Å²) in [6, 6.07) is 5.48. The van der Waals surface area contributed by atoms with Crippen molar-refractivity contribution in [2.45, 2.75) is 51.2 Å².